The fraction of sp³-hybridized carbons (Fsp3) is 0.233. The number of rotatable bonds is 7. The van der Waals surface area contributed by atoms with E-state index in [-0.39, 0.29) is 6.54 Å². The first-order valence-corrected chi connectivity index (χ1v) is 12.8. The van der Waals surface area contributed by atoms with Gasteiger partial charge < -0.3 is 25.8 Å². The number of nitrogens with zero attached hydrogens (tertiary/aromatic N) is 4. The standard InChI is InChI=1S/C30H29N5O4/c31-16-23-25-27(33-18-32-23)35(19-34-25)28-30(38,26(37)24(17-36)39-28)29(20-10-4-1-5-11-20,21-12-6-2-7-13-21)22-14-8-3-9-15-22/h1-15,18-19,24,26,28,36-38H,16-17,31H2/t24-,26-,28-,30-/m1/s1. The van der Waals surface area contributed by atoms with Crippen LogP contribution in [0.15, 0.2) is 104 Å². The van der Waals surface area contributed by atoms with Crippen molar-refractivity contribution in [2.24, 2.45) is 5.73 Å². The van der Waals surface area contributed by atoms with Crippen molar-refractivity contribution in [3.8, 4) is 0 Å². The van der Waals surface area contributed by atoms with Gasteiger partial charge >= 0.3 is 0 Å². The molecule has 0 aliphatic carbocycles. The van der Waals surface area contributed by atoms with Crippen molar-refractivity contribution in [1.29, 1.82) is 0 Å². The Balaban J connectivity index is 1.73. The molecule has 4 atom stereocenters. The zero-order valence-electron chi connectivity index (χ0n) is 21.1. The van der Waals surface area contributed by atoms with E-state index in [1.807, 2.05) is 91.0 Å². The summed E-state index contributed by atoms with van der Waals surface area (Å²) in [6.07, 6.45) is -0.928. The van der Waals surface area contributed by atoms with E-state index >= 15 is 0 Å². The number of hydrogen-bond donors (Lipinski definition) is 4. The number of aliphatic hydroxyl groups is 3. The molecule has 1 fully saturated rings. The molecule has 6 rings (SSSR count). The maximum Gasteiger partial charge on any atom is 0.170 e. The van der Waals surface area contributed by atoms with Crippen LogP contribution in [0, 0.1) is 0 Å². The van der Waals surface area contributed by atoms with E-state index in [2.05, 4.69) is 15.0 Å². The van der Waals surface area contributed by atoms with Crippen LogP contribution in [-0.2, 0) is 16.7 Å². The molecule has 198 valence electrons. The molecule has 5 N–H and O–H groups in total. The minimum Gasteiger partial charge on any atom is -0.394 e. The Kier molecular flexibility index (Phi) is 6.46. The second kappa shape index (κ2) is 9.96. The number of fused-ring (bicyclic) bond motifs is 1. The van der Waals surface area contributed by atoms with Crippen molar-refractivity contribution in [2.75, 3.05) is 6.61 Å². The minimum absolute atomic E-state index is 0.149. The van der Waals surface area contributed by atoms with Crippen LogP contribution in [0.1, 0.15) is 28.6 Å². The second-order valence-corrected chi connectivity index (χ2v) is 9.68. The van der Waals surface area contributed by atoms with Crippen LogP contribution < -0.4 is 5.73 Å². The fourth-order valence-corrected chi connectivity index (χ4v) is 6.08. The number of nitrogens with two attached hydrogens (primary N) is 1. The lowest BCUT2D eigenvalue weighted by Crippen LogP contribution is -2.62. The van der Waals surface area contributed by atoms with Crippen molar-refractivity contribution in [3.05, 3.63) is 126 Å². The third-order valence-corrected chi connectivity index (χ3v) is 7.76. The highest BCUT2D eigenvalue weighted by molar-refractivity contribution is 5.73. The van der Waals surface area contributed by atoms with Gasteiger partial charge in [0.25, 0.3) is 0 Å². The molecule has 5 aromatic rings. The molecule has 0 spiro atoms. The lowest BCUT2D eigenvalue weighted by Gasteiger charge is -2.50. The van der Waals surface area contributed by atoms with Gasteiger partial charge in [0.1, 0.15) is 24.1 Å². The van der Waals surface area contributed by atoms with Gasteiger partial charge in [0.15, 0.2) is 17.5 Å². The van der Waals surface area contributed by atoms with Crippen LogP contribution in [-0.4, -0.2) is 59.3 Å². The molecule has 0 saturated carbocycles. The fourth-order valence-electron chi connectivity index (χ4n) is 6.08. The van der Waals surface area contributed by atoms with Crippen LogP contribution in [0.25, 0.3) is 11.2 Å². The van der Waals surface area contributed by atoms with Gasteiger partial charge in [-0.15, -0.1) is 0 Å². The average molecular weight is 524 g/mol. The van der Waals surface area contributed by atoms with Gasteiger partial charge in [-0.2, -0.15) is 0 Å². The van der Waals surface area contributed by atoms with E-state index in [0.29, 0.717) is 16.9 Å². The highest BCUT2D eigenvalue weighted by Crippen LogP contribution is 2.57. The third-order valence-electron chi connectivity index (χ3n) is 7.76. The van der Waals surface area contributed by atoms with E-state index in [9.17, 15) is 15.3 Å². The normalized spacial score (nSPS) is 23.3. The molecule has 9 heteroatoms. The van der Waals surface area contributed by atoms with Gasteiger partial charge in [0.2, 0.25) is 0 Å². The second-order valence-electron chi connectivity index (χ2n) is 9.68. The molecule has 3 heterocycles. The molecular weight excluding hydrogens is 494 g/mol. The largest absolute Gasteiger partial charge is 0.394 e. The van der Waals surface area contributed by atoms with Crippen LogP contribution in [0.3, 0.4) is 0 Å². The Hall–Kier alpha value is -3.99. The molecule has 1 saturated heterocycles. The number of imidazole rings is 1. The molecule has 1 aliphatic rings. The smallest absolute Gasteiger partial charge is 0.170 e. The first-order chi connectivity index (χ1) is 19.1. The van der Waals surface area contributed by atoms with E-state index in [1.165, 1.54) is 12.7 Å². The number of aromatic nitrogens is 4. The number of aliphatic hydroxyl groups excluding tert-OH is 2. The van der Waals surface area contributed by atoms with Gasteiger partial charge in [-0.25, -0.2) is 15.0 Å². The Morgan fingerprint density at radius 3 is 1.87 bits per heavy atom. The van der Waals surface area contributed by atoms with Crippen molar-refractivity contribution >= 4 is 11.2 Å². The van der Waals surface area contributed by atoms with E-state index < -0.39 is 36.1 Å². The zero-order valence-corrected chi connectivity index (χ0v) is 21.1. The van der Waals surface area contributed by atoms with Crippen LogP contribution in [0.5, 0.6) is 0 Å². The molecule has 2 aromatic heterocycles. The summed E-state index contributed by atoms with van der Waals surface area (Å²) in [6.45, 7) is -0.361. The Bertz CT molecular complexity index is 1470. The summed E-state index contributed by atoms with van der Waals surface area (Å²) >= 11 is 0. The molecule has 0 amide bonds. The lowest BCUT2D eigenvalue weighted by atomic mass is 9.57. The quantitative estimate of drug-likeness (QED) is 0.238. The summed E-state index contributed by atoms with van der Waals surface area (Å²) < 4.78 is 7.91. The zero-order chi connectivity index (χ0) is 27.0. The number of hydrogen-bond acceptors (Lipinski definition) is 8. The first kappa shape index (κ1) is 25.3. The van der Waals surface area contributed by atoms with E-state index in [0.717, 1.165) is 16.7 Å². The lowest BCUT2D eigenvalue weighted by molar-refractivity contribution is -0.136. The molecule has 1 aliphatic heterocycles. The van der Waals surface area contributed by atoms with Gasteiger partial charge in [0, 0.05) is 6.54 Å². The number of benzene rings is 3. The maximum atomic E-state index is 13.2. The first-order valence-electron chi connectivity index (χ1n) is 12.8. The van der Waals surface area contributed by atoms with Crippen LogP contribution >= 0.6 is 0 Å². The third kappa shape index (κ3) is 3.63. The summed E-state index contributed by atoms with van der Waals surface area (Å²) in [7, 11) is 0. The summed E-state index contributed by atoms with van der Waals surface area (Å²) in [5.74, 6) is 0. The molecule has 9 nitrogen and oxygen atoms in total. The van der Waals surface area contributed by atoms with Crippen molar-refractivity contribution in [2.45, 2.75) is 36.0 Å². The molecule has 0 bridgehead atoms. The predicted molar refractivity (Wildman–Crippen MR) is 144 cm³/mol. The summed E-state index contributed by atoms with van der Waals surface area (Å²) in [6, 6.07) is 28.6. The van der Waals surface area contributed by atoms with Gasteiger partial charge in [-0.05, 0) is 16.7 Å². The van der Waals surface area contributed by atoms with E-state index in [4.69, 9.17) is 10.5 Å². The number of ether oxygens (including phenoxy) is 1. The Morgan fingerprint density at radius 1 is 0.846 bits per heavy atom. The van der Waals surface area contributed by atoms with Gasteiger partial charge in [0.05, 0.1) is 24.0 Å². The predicted octanol–water partition coefficient (Wildman–Crippen LogP) is 2.30. The Labute approximate surface area is 225 Å². The summed E-state index contributed by atoms with van der Waals surface area (Å²) in [4.78, 5) is 13.2. The molecule has 0 radical (unpaired) electrons. The Morgan fingerprint density at radius 2 is 1.38 bits per heavy atom. The van der Waals surface area contributed by atoms with Crippen LogP contribution in [0.4, 0.5) is 0 Å². The summed E-state index contributed by atoms with van der Waals surface area (Å²) in [5.41, 5.74) is 6.09. The minimum atomic E-state index is -2.06. The van der Waals surface area contributed by atoms with E-state index in [1.54, 1.807) is 4.57 Å². The molecule has 3 aromatic carbocycles. The van der Waals surface area contributed by atoms with Crippen molar-refractivity contribution < 1.29 is 20.1 Å². The monoisotopic (exact) mass is 523 g/mol. The van der Waals surface area contributed by atoms with Gasteiger partial charge in [-0.1, -0.05) is 91.0 Å². The van der Waals surface area contributed by atoms with Crippen molar-refractivity contribution in [1.82, 2.24) is 19.5 Å². The van der Waals surface area contributed by atoms with Crippen molar-refractivity contribution in [3.63, 3.8) is 0 Å². The van der Waals surface area contributed by atoms with Crippen LogP contribution in [0.2, 0.25) is 0 Å². The topological polar surface area (TPSA) is 140 Å². The highest BCUT2D eigenvalue weighted by Gasteiger charge is 2.68. The molecule has 0 unspecified atom stereocenters. The summed E-state index contributed by atoms with van der Waals surface area (Å²) in [5, 5.41) is 35.5. The molecular formula is C30H29N5O4. The van der Waals surface area contributed by atoms with Gasteiger partial charge in [-0.3, -0.25) is 4.57 Å². The SMILES string of the molecule is NCc1ncnc2c1ncn2[C@@H]1O[C@H](CO)[C@@H](O)[C@]1(O)C(c1ccccc1)(c1ccccc1)c1ccccc1. The molecule has 39 heavy (non-hydrogen) atoms. The average Bonchev–Trinajstić information content (AvgIpc) is 3.54. The highest BCUT2D eigenvalue weighted by atomic mass is 16.6. The maximum absolute atomic E-state index is 13.2.